The van der Waals surface area contributed by atoms with Crippen LogP contribution in [0.4, 0.5) is 11.4 Å². The summed E-state index contributed by atoms with van der Waals surface area (Å²) in [6.45, 7) is 2.49. The fourth-order valence-electron chi connectivity index (χ4n) is 3.01. The van der Waals surface area contributed by atoms with E-state index in [0.29, 0.717) is 12.2 Å². The third kappa shape index (κ3) is 5.31. The van der Waals surface area contributed by atoms with Crippen LogP contribution in [0.1, 0.15) is 31.4 Å². The Kier molecular flexibility index (Phi) is 6.19. The molecule has 6 nitrogen and oxygen atoms in total. The van der Waals surface area contributed by atoms with Crippen LogP contribution in [-0.2, 0) is 16.1 Å². The van der Waals surface area contributed by atoms with Crippen LogP contribution in [0.3, 0.4) is 0 Å². The SMILES string of the molecule is O=C(CC(=O)Nc1ccc(N2CCCCC2)cc1)NCc1ccccn1. The van der Waals surface area contributed by atoms with Gasteiger partial charge in [-0.1, -0.05) is 6.07 Å². The molecule has 2 heterocycles. The predicted octanol–water partition coefficient (Wildman–Crippen LogP) is 2.72. The number of carbonyl (C=O) groups is 2. The molecule has 2 N–H and O–H groups in total. The van der Waals surface area contributed by atoms with E-state index < -0.39 is 0 Å². The zero-order valence-electron chi connectivity index (χ0n) is 14.8. The molecule has 2 aromatic rings. The maximum Gasteiger partial charge on any atom is 0.233 e. The van der Waals surface area contributed by atoms with Crippen LogP contribution in [0.2, 0.25) is 0 Å². The van der Waals surface area contributed by atoms with E-state index in [0.717, 1.165) is 18.8 Å². The number of piperidine rings is 1. The number of nitrogens with one attached hydrogen (secondary N) is 2. The van der Waals surface area contributed by atoms with Crippen LogP contribution < -0.4 is 15.5 Å². The summed E-state index contributed by atoms with van der Waals surface area (Å²) in [4.78, 5) is 30.4. The summed E-state index contributed by atoms with van der Waals surface area (Å²) in [5.41, 5.74) is 2.64. The van der Waals surface area contributed by atoms with Gasteiger partial charge >= 0.3 is 0 Å². The number of rotatable bonds is 6. The molecule has 0 radical (unpaired) electrons. The van der Waals surface area contributed by atoms with E-state index in [-0.39, 0.29) is 18.2 Å². The number of anilines is 2. The summed E-state index contributed by atoms with van der Waals surface area (Å²) >= 11 is 0. The molecule has 1 aliphatic heterocycles. The normalized spacial score (nSPS) is 13.9. The van der Waals surface area contributed by atoms with Crippen LogP contribution in [0.5, 0.6) is 0 Å². The van der Waals surface area contributed by atoms with Gasteiger partial charge in [-0.15, -0.1) is 0 Å². The highest BCUT2D eigenvalue weighted by atomic mass is 16.2. The van der Waals surface area contributed by atoms with E-state index in [2.05, 4.69) is 20.5 Å². The van der Waals surface area contributed by atoms with Crippen molar-refractivity contribution in [2.24, 2.45) is 0 Å². The highest BCUT2D eigenvalue weighted by molar-refractivity contribution is 6.03. The molecule has 2 amide bonds. The Balaban J connectivity index is 1.44. The Bertz CT molecular complexity index is 725. The van der Waals surface area contributed by atoms with Gasteiger partial charge in [0.1, 0.15) is 6.42 Å². The lowest BCUT2D eigenvalue weighted by molar-refractivity contribution is -0.126. The lowest BCUT2D eigenvalue weighted by Crippen LogP contribution is -2.29. The summed E-state index contributed by atoms with van der Waals surface area (Å²) in [6, 6.07) is 13.3. The topological polar surface area (TPSA) is 74.3 Å². The van der Waals surface area contributed by atoms with Gasteiger partial charge in [0.2, 0.25) is 11.8 Å². The van der Waals surface area contributed by atoms with Gasteiger partial charge in [0.15, 0.2) is 0 Å². The Morgan fingerprint density at radius 1 is 0.962 bits per heavy atom. The molecule has 1 aliphatic rings. The Hall–Kier alpha value is -2.89. The monoisotopic (exact) mass is 352 g/mol. The summed E-state index contributed by atoms with van der Waals surface area (Å²) < 4.78 is 0. The maximum atomic E-state index is 12.0. The molecule has 1 aromatic heterocycles. The van der Waals surface area contributed by atoms with Crippen molar-refractivity contribution in [3.63, 3.8) is 0 Å². The summed E-state index contributed by atoms with van der Waals surface area (Å²) in [7, 11) is 0. The largest absolute Gasteiger partial charge is 0.372 e. The number of hydrogen-bond acceptors (Lipinski definition) is 4. The van der Waals surface area contributed by atoms with E-state index in [4.69, 9.17) is 0 Å². The molecule has 136 valence electrons. The van der Waals surface area contributed by atoms with Gasteiger partial charge in [0.05, 0.1) is 12.2 Å². The second-order valence-corrected chi connectivity index (χ2v) is 6.42. The van der Waals surface area contributed by atoms with E-state index in [1.807, 2.05) is 42.5 Å². The Morgan fingerprint density at radius 3 is 2.42 bits per heavy atom. The van der Waals surface area contributed by atoms with Crippen molar-refractivity contribution in [3.05, 3.63) is 54.4 Å². The first-order valence-corrected chi connectivity index (χ1v) is 9.02. The average molecular weight is 352 g/mol. The van der Waals surface area contributed by atoms with Crippen molar-refractivity contribution < 1.29 is 9.59 Å². The van der Waals surface area contributed by atoms with Gasteiger partial charge in [-0.05, 0) is 55.7 Å². The lowest BCUT2D eigenvalue weighted by atomic mass is 10.1. The van der Waals surface area contributed by atoms with E-state index in [1.165, 1.54) is 24.9 Å². The number of aromatic nitrogens is 1. The van der Waals surface area contributed by atoms with Gasteiger partial charge in [-0.25, -0.2) is 0 Å². The van der Waals surface area contributed by atoms with Crippen LogP contribution in [-0.4, -0.2) is 29.9 Å². The van der Waals surface area contributed by atoms with Crippen molar-refractivity contribution in [3.8, 4) is 0 Å². The molecule has 26 heavy (non-hydrogen) atoms. The van der Waals surface area contributed by atoms with E-state index >= 15 is 0 Å². The Labute approximate surface area is 153 Å². The zero-order valence-corrected chi connectivity index (χ0v) is 14.8. The van der Waals surface area contributed by atoms with E-state index in [1.54, 1.807) is 6.20 Å². The number of nitrogens with zero attached hydrogens (tertiary/aromatic N) is 2. The molecule has 1 aromatic carbocycles. The van der Waals surface area contributed by atoms with Crippen molar-refractivity contribution in [1.82, 2.24) is 10.3 Å². The standard InChI is InChI=1S/C20H24N4O2/c25-19(22-15-17-6-2-3-11-21-17)14-20(26)23-16-7-9-18(10-8-16)24-12-4-1-5-13-24/h2-3,6-11H,1,4-5,12-15H2,(H,22,25)(H,23,26). The zero-order chi connectivity index (χ0) is 18.2. The maximum absolute atomic E-state index is 12.0. The van der Waals surface area contributed by atoms with E-state index in [9.17, 15) is 9.59 Å². The number of pyridine rings is 1. The first kappa shape index (κ1) is 17.9. The quantitative estimate of drug-likeness (QED) is 0.784. The van der Waals surface area contributed by atoms with Crippen molar-refractivity contribution in [2.45, 2.75) is 32.2 Å². The Morgan fingerprint density at radius 2 is 1.73 bits per heavy atom. The van der Waals surface area contributed by atoms with Gasteiger partial charge in [0, 0.05) is 30.7 Å². The summed E-state index contributed by atoms with van der Waals surface area (Å²) in [5.74, 6) is -0.646. The molecule has 1 saturated heterocycles. The first-order chi connectivity index (χ1) is 12.7. The highest BCUT2D eigenvalue weighted by Crippen LogP contribution is 2.21. The molecule has 0 unspecified atom stereocenters. The lowest BCUT2D eigenvalue weighted by Gasteiger charge is -2.28. The highest BCUT2D eigenvalue weighted by Gasteiger charge is 2.12. The third-order valence-electron chi connectivity index (χ3n) is 4.39. The minimum absolute atomic E-state index is 0.208. The molecule has 0 atom stereocenters. The average Bonchev–Trinajstić information content (AvgIpc) is 2.68. The fourth-order valence-corrected chi connectivity index (χ4v) is 3.01. The van der Waals surface area contributed by atoms with Crippen LogP contribution in [0.25, 0.3) is 0 Å². The molecular weight excluding hydrogens is 328 g/mol. The summed E-state index contributed by atoms with van der Waals surface area (Å²) in [6.07, 6.45) is 5.22. The molecule has 6 heteroatoms. The molecule has 0 aliphatic carbocycles. The second-order valence-electron chi connectivity index (χ2n) is 6.42. The number of hydrogen-bond donors (Lipinski definition) is 2. The molecule has 1 fully saturated rings. The van der Waals surface area contributed by atoms with Crippen molar-refractivity contribution >= 4 is 23.2 Å². The fraction of sp³-hybridized carbons (Fsp3) is 0.350. The van der Waals surface area contributed by atoms with Gasteiger partial charge < -0.3 is 15.5 Å². The second kappa shape index (κ2) is 8.99. The van der Waals surface area contributed by atoms with Crippen molar-refractivity contribution in [2.75, 3.05) is 23.3 Å². The van der Waals surface area contributed by atoms with Crippen molar-refractivity contribution in [1.29, 1.82) is 0 Å². The van der Waals surface area contributed by atoms with Gasteiger partial charge in [-0.3, -0.25) is 14.6 Å². The molecular formula is C20H24N4O2. The van der Waals surface area contributed by atoms with Crippen LogP contribution in [0, 0.1) is 0 Å². The molecule has 0 bridgehead atoms. The smallest absolute Gasteiger partial charge is 0.233 e. The predicted molar refractivity (Wildman–Crippen MR) is 102 cm³/mol. The van der Waals surface area contributed by atoms with Crippen LogP contribution >= 0.6 is 0 Å². The number of carbonyl (C=O) groups excluding carboxylic acids is 2. The number of benzene rings is 1. The van der Waals surface area contributed by atoms with Gasteiger partial charge in [0.25, 0.3) is 0 Å². The number of amides is 2. The third-order valence-corrected chi connectivity index (χ3v) is 4.39. The summed E-state index contributed by atoms with van der Waals surface area (Å²) in [5, 5.41) is 5.47. The first-order valence-electron chi connectivity index (χ1n) is 9.02. The van der Waals surface area contributed by atoms with Gasteiger partial charge in [-0.2, -0.15) is 0 Å². The molecule has 3 rings (SSSR count). The minimum atomic E-state index is -0.325. The molecule has 0 spiro atoms. The van der Waals surface area contributed by atoms with Crippen LogP contribution in [0.15, 0.2) is 48.7 Å². The minimum Gasteiger partial charge on any atom is -0.372 e. The molecule has 0 saturated carbocycles.